The zero-order valence-corrected chi connectivity index (χ0v) is 11.8. The Labute approximate surface area is 112 Å². The summed E-state index contributed by atoms with van der Waals surface area (Å²) in [6.45, 7) is 9.16. The molecule has 0 aromatic carbocycles. The third-order valence-corrected chi connectivity index (χ3v) is 5.50. The van der Waals surface area contributed by atoms with E-state index in [1.54, 1.807) is 6.08 Å². The molecule has 1 unspecified atom stereocenters. The lowest BCUT2D eigenvalue weighted by molar-refractivity contribution is 0.0988. The summed E-state index contributed by atoms with van der Waals surface area (Å²) in [6.07, 6.45) is 11.3. The predicted molar refractivity (Wildman–Crippen MR) is 75.8 cm³/mol. The van der Waals surface area contributed by atoms with Crippen molar-refractivity contribution in [3.8, 4) is 6.07 Å². The number of rotatable bonds is 3. The van der Waals surface area contributed by atoms with Crippen molar-refractivity contribution in [2.24, 2.45) is 23.2 Å². The minimum Gasteiger partial charge on any atom is -0.193 e. The molecule has 4 atom stereocenters. The lowest BCUT2D eigenvalue weighted by atomic mass is 9.61. The summed E-state index contributed by atoms with van der Waals surface area (Å²) < 4.78 is 0. The number of allylic oxidation sites excluding steroid dienone is 3. The monoisotopic (exact) mass is 243 g/mol. The van der Waals surface area contributed by atoms with Crippen LogP contribution in [-0.4, -0.2) is 0 Å². The summed E-state index contributed by atoms with van der Waals surface area (Å²) in [7, 11) is 0. The van der Waals surface area contributed by atoms with Gasteiger partial charge in [-0.25, -0.2) is 0 Å². The first-order valence-corrected chi connectivity index (χ1v) is 7.32. The first-order valence-electron chi connectivity index (χ1n) is 7.32. The second-order valence-electron chi connectivity index (χ2n) is 6.50. The second-order valence-corrected chi connectivity index (χ2v) is 6.50. The van der Waals surface area contributed by atoms with Crippen LogP contribution in [0.1, 0.15) is 52.4 Å². The molecule has 0 heterocycles. The predicted octanol–water partition coefficient (Wildman–Crippen LogP) is 4.86. The number of nitrogens with zero attached hydrogens (tertiary/aromatic N) is 1. The zero-order chi connectivity index (χ0) is 13.2. The fourth-order valence-corrected chi connectivity index (χ4v) is 4.60. The van der Waals surface area contributed by atoms with E-state index in [-0.39, 0.29) is 0 Å². The Morgan fingerprint density at radius 1 is 1.56 bits per heavy atom. The van der Waals surface area contributed by atoms with E-state index in [4.69, 9.17) is 5.26 Å². The van der Waals surface area contributed by atoms with E-state index in [0.717, 1.165) is 18.3 Å². The van der Waals surface area contributed by atoms with Gasteiger partial charge in [0.05, 0.1) is 6.07 Å². The average molecular weight is 243 g/mol. The summed E-state index contributed by atoms with van der Waals surface area (Å²) in [4.78, 5) is 0. The minimum absolute atomic E-state index is 0.481. The normalized spacial score (nSPS) is 37.5. The SMILES string of the molecule is C=C1CCC[C@@]2(C)C1CC[C@@H]2[C@H](C)C/C=C/C#N. The molecular formula is C17H25N. The van der Waals surface area contributed by atoms with Gasteiger partial charge in [0, 0.05) is 6.08 Å². The molecule has 2 aliphatic carbocycles. The third kappa shape index (κ3) is 2.26. The Kier molecular flexibility index (Phi) is 3.95. The fraction of sp³-hybridized carbons (Fsp3) is 0.706. The summed E-state index contributed by atoms with van der Waals surface area (Å²) >= 11 is 0. The van der Waals surface area contributed by atoms with Gasteiger partial charge in [0.2, 0.25) is 0 Å². The van der Waals surface area contributed by atoms with Crippen molar-refractivity contribution in [2.45, 2.75) is 52.4 Å². The highest BCUT2D eigenvalue weighted by Crippen LogP contribution is 2.59. The van der Waals surface area contributed by atoms with Gasteiger partial charge in [-0.3, -0.25) is 0 Å². The largest absolute Gasteiger partial charge is 0.193 e. The van der Waals surface area contributed by atoms with E-state index in [1.165, 1.54) is 37.7 Å². The van der Waals surface area contributed by atoms with Crippen molar-refractivity contribution in [2.75, 3.05) is 0 Å². The maximum atomic E-state index is 8.57. The van der Waals surface area contributed by atoms with Gasteiger partial charge in [-0.05, 0) is 61.7 Å². The molecule has 0 spiro atoms. The molecule has 1 nitrogen and oxygen atoms in total. The van der Waals surface area contributed by atoms with E-state index in [2.05, 4.69) is 26.5 Å². The molecule has 0 N–H and O–H groups in total. The van der Waals surface area contributed by atoms with Crippen molar-refractivity contribution < 1.29 is 0 Å². The van der Waals surface area contributed by atoms with Crippen LogP contribution in [0.5, 0.6) is 0 Å². The highest BCUT2D eigenvalue weighted by molar-refractivity contribution is 5.15. The molecule has 18 heavy (non-hydrogen) atoms. The summed E-state index contributed by atoms with van der Waals surface area (Å²) in [6, 6.07) is 2.09. The van der Waals surface area contributed by atoms with Crippen molar-refractivity contribution in [3.63, 3.8) is 0 Å². The molecule has 2 saturated carbocycles. The van der Waals surface area contributed by atoms with Crippen molar-refractivity contribution >= 4 is 0 Å². The van der Waals surface area contributed by atoms with Gasteiger partial charge in [0.15, 0.2) is 0 Å². The molecule has 0 amide bonds. The minimum atomic E-state index is 0.481. The van der Waals surface area contributed by atoms with Gasteiger partial charge in [-0.2, -0.15) is 5.26 Å². The molecule has 2 aliphatic rings. The van der Waals surface area contributed by atoms with Crippen LogP contribution < -0.4 is 0 Å². The van der Waals surface area contributed by atoms with E-state index in [9.17, 15) is 0 Å². The number of hydrogen-bond donors (Lipinski definition) is 0. The van der Waals surface area contributed by atoms with E-state index in [0.29, 0.717) is 11.3 Å². The quantitative estimate of drug-likeness (QED) is 0.512. The molecule has 0 radical (unpaired) electrons. The topological polar surface area (TPSA) is 23.8 Å². The van der Waals surface area contributed by atoms with Crippen molar-refractivity contribution in [1.82, 2.24) is 0 Å². The third-order valence-electron chi connectivity index (χ3n) is 5.50. The molecule has 0 aliphatic heterocycles. The first kappa shape index (κ1) is 13.4. The first-order chi connectivity index (χ1) is 8.59. The Bertz CT molecular complexity index is 387. The molecule has 0 aromatic rings. The maximum Gasteiger partial charge on any atom is 0.0908 e. The molecule has 1 heteroatoms. The zero-order valence-electron chi connectivity index (χ0n) is 11.8. The van der Waals surface area contributed by atoms with Crippen molar-refractivity contribution in [1.29, 1.82) is 5.26 Å². The average Bonchev–Trinajstić information content (AvgIpc) is 2.68. The highest BCUT2D eigenvalue weighted by atomic mass is 14.5. The number of hydrogen-bond acceptors (Lipinski definition) is 1. The molecular weight excluding hydrogens is 218 g/mol. The van der Waals surface area contributed by atoms with E-state index in [1.807, 2.05) is 6.08 Å². The highest BCUT2D eigenvalue weighted by Gasteiger charge is 2.49. The van der Waals surface area contributed by atoms with Gasteiger partial charge in [-0.1, -0.05) is 32.1 Å². The van der Waals surface area contributed by atoms with Crippen LogP contribution in [0.2, 0.25) is 0 Å². The number of nitriles is 1. The summed E-state index contributed by atoms with van der Waals surface area (Å²) in [5.74, 6) is 2.26. The van der Waals surface area contributed by atoms with Gasteiger partial charge < -0.3 is 0 Å². The smallest absolute Gasteiger partial charge is 0.0908 e. The summed E-state index contributed by atoms with van der Waals surface area (Å²) in [5, 5.41) is 8.57. The Balaban J connectivity index is 2.08. The Morgan fingerprint density at radius 2 is 2.33 bits per heavy atom. The van der Waals surface area contributed by atoms with Crippen LogP contribution in [0.4, 0.5) is 0 Å². The summed E-state index contributed by atoms with van der Waals surface area (Å²) in [5.41, 5.74) is 1.99. The molecule has 2 fully saturated rings. The lowest BCUT2D eigenvalue weighted by Gasteiger charge is -2.44. The van der Waals surface area contributed by atoms with Gasteiger partial charge in [0.1, 0.15) is 0 Å². The fourth-order valence-electron chi connectivity index (χ4n) is 4.60. The molecule has 98 valence electrons. The van der Waals surface area contributed by atoms with Crippen LogP contribution in [0.25, 0.3) is 0 Å². The molecule has 0 saturated heterocycles. The molecule has 0 bridgehead atoms. The number of fused-ring (bicyclic) bond motifs is 1. The Morgan fingerprint density at radius 3 is 3.06 bits per heavy atom. The van der Waals surface area contributed by atoms with Crippen molar-refractivity contribution in [3.05, 3.63) is 24.3 Å². The van der Waals surface area contributed by atoms with Crippen LogP contribution in [-0.2, 0) is 0 Å². The van der Waals surface area contributed by atoms with Gasteiger partial charge in [0.25, 0.3) is 0 Å². The van der Waals surface area contributed by atoms with E-state index >= 15 is 0 Å². The van der Waals surface area contributed by atoms with Crippen LogP contribution >= 0.6 is 0 Å². The van der Waals surface area contributed by atoms with Gasteiger partial charge in [-0.15, -0.1) is 0 Å². The van der Waals surface area contributed by atoms with Crippen LogP contribution in [0, 0.1) is 34.5 Å². The van der Waals surface area contributed by atoms with Crippen LogP contribution in [0.3, 0.4) is 0 Å². The lowest BCUT2D eigenvalue weighted by Crippen LogP contribution is -2.35. The second kappa shape index (κ2) is 5.31. The van der Waals surface area contributed by atoms with E-state index < -0.39 is 0 Å². The molecule has 2 rings (SSSR count). The standard InChI is InChI=1S/C17H25N/c1-13(7-4-5-12-18)15-9-10-16-14(2)8-6-11-17(15,16)3/h4-5,13,15-16H,2,6-11H2,1,3H3/b5-4+/t13-,15-,16?,17-/m1/s1. The molecule has 0 aromatic heterocycles. The van der Waals surface area contributed by atoms with Crippen LogP contribution in [0.15, 0.2) is 24.3 Å². The maximum absolute atomic E-state index is 8.57. The Hall–Kier alpha value is -1.03. The van der Waals surface area contributed by atoms with Gasteiger partial charge >= 0.3 is 0 Å².